The zero-order chi connectivity index (χ0) is 56.4. The Balaban J connectivity index is 3.41. The van der Waals surface area contributed by atoms with E-state index in [0.29, 0.717) is 19.4 Å². The Labute approximate surface area is 486 Å². The van der Waals surface area contributed by atoms with Crippen molar-refractivity contribution in [2.75, 3.05) is 13.2 Å². The van der Waals surface area contributed by atoms with Crippen molar-refractivity contribution in [3.05, 3.63) is 48.6 Å². The Bertz CT molecular complexity index is 1310. The fourth-order valence-corrected chi connectivity index (χ4v) is 10.7. The minimum absolute atomic E-state index is 0.000105. The van der Waals surface area contributed by atoms with Crippen molar-refractivity contribution in [3.63, 3.8) is 0 Å². The topological polar surface area (TPSA) is 95.9 Å². The number of amides is 1. The number of carbonyl (C=O) groups excluding carboxylic acids is 2. The first-order valence-electron chi connectivity index (χ1n) is 34.9. The SMILES string of the molecule is CCC/C=C\C/C=C\CCCCCCCC(=O)OCCCCCCCCCCCCCC/C=C\CCCCCCCCCCCCCCC(=O)NC(CO)C(O)/C=C/CCCCCCCCCCCCCCCCCCCC. The van der Waals surface area contributed by atoms with E-state index in [1.54, 1.807) is 6.08 Å². The quantitative estimate of drug-likeness (QED) is 0.0320. The van der Waals surface area contributed by atoms with E-state index in [0.717, 1.165) is 51.4 Å². The molecule has 0 saturated carbocycles. The molecule has 2 atom stereocenters. The first kappa shape index (κ1) is 75.8. The molecule has 0 aromatic rings. The van der Waals surface area contributed by atoms with Crippen molar-refractivity contribution in [1.82, 2.24) is 5.32 Å². The fraction of sp³-hybridized carbons (Fsp3) is 0.861. The predicted octanol–water partition coefficient (Wildman–Crippen LogP) is 22.5. The van der Waals surface area contributed by atoms with E-state index in [9.17, 15) is 19.8 Å². The van der Waals surface area contributed by atoms with Crippen LogP contribution in [0.15, 0.2) is 48.6 Å². The van der Waals surface area contributed by atoms with E-state index in [1.807, 2.05) is 6.08 Å². The van der Waals surface area contributed by atoms with Gasteiger partial charge in [0.25, 0.3) is 0 Å². The normalized spacial score (nSPS) is 12.8. The predicted molar refractivity (Wildman–Crippen MR) is 342 cm³/mol. The number of unbranched alkanes of at least 4 members (excludes halogenated alkanes) is 48. The zero-order valence-electron chi connectivity index (χ0n) is 52.4. The molecule has 2 unspecified atom stereocenters. The lowest BCUT2D eigenvalue weighted by molar-refractivity contribution is -0.143. The lowest BCUT2D eigenvalue weighted by atomic mass is 10.0. The van der Waals surface area contributed by atoms with E-state index >= 15 is 0 Å². The number of allylic oxidation sites excluding steroid dienone is 7. The highest BCUT2D eigenvalue weighted by Gasteiger charge is 2.18. The van der Waals surface area contributed by atoms with Gasteiger partial charge < -0.3 is 20.3 Å². The number of aliphatic hydroxyl groups is 2. The molecule has 6 heteroatoms. The molecule has 78 heavy (non-hydrogen) atoms. The van der Waals surface area contributed by atoms with Crippen LogP contribution in [-0.2, 0) is 14.3 Å². The average Bonchev–Trinajstić information content (AvgIpc) is 3.44. The third-order valence-corrected chi connectivity index (χ3v) is 16.0. The molecule has 1 amide bonds. The molecule has 0 radical (unpaired) electrons. The van der Waals surface area contributed by atoms with Crippen LogP contribution in [0.3, 0.4) is 0 Å². The Kier molecular flexibility index (Phi) is 65.4. The van der Waals surface area contributed by atoms with Gasteiger partial charge in [-0.25, -0.2) is 0 Å². The van der Waals surface area contributed by atoms with Crippen LogP contribution in [0.1, 0.15) is 373 Å². The highest BCUT2D eigenvalue weighted by molar-refractivity contribution is 5.76. The maximum atomic E-state index is 12.5. The standard InChI is InChI=1S/C72H135NO5/c1-3-5-7-9-11-13-15-17-18-19-20-31-34-37-41-44-48-52-56-60-64-70(75)69(68-74)73-71(76)65-61-57-53-49-45-42-38-35-32-29-27-25-23-21-22-24-26-28-30-33-36-39-43-47-51-55-59-63-67-78-72(77)66-62-58-54-50-46-40-16-14-12-10-8-6-4-2/h8,10,14,16,21-22,60,64,69-70,74-75H,3-7,9,11-13,15,17-20,23-59,61-63,65-68H2,1-2H3,(H,73,76)/b10-8-,16-14-,22-21-,64-60+. The Morgan fingerprint density at radius 2 is 0.667 bits per heavy atom. The summed E-state index contributed by atoms with van der Waals surface area (Å²) in [5.41, 5.74) is 0. The van der Waals surface area contributed by atoms with Crippen LogP contribution in [0.25, 0.3) is 0 Å². The second kappa shape index (κ2) is 67.3. The maximum absolute atomic E-state index is 12.5. The van der Waals surface area contributed by atoms with Gasteiger partial charge in [0.2, 0.25) is 5.91 Å². The van der Waals surface area contributed by atoms with Crippen LogP contribution in [-0.4, -0.2) is 47.4 Å². The summed E-state index contributed by atoms with van der Waals surface area (Å²) >= 11 is 0. The van der Waals surface area contributed by atoms with Gasteiger partial charge in [0.15, 0.2) is 0 Å². The van der Waals surface area contributed by atoms with Crippen molar-refractivity contribution in [2.24, 2.45) is 0 Å². The summed E-state index contributed by atoms with van der Waals surface area (Å²) in [6.45, 7) is 4.86. The lowest BCUT2D eigenvalue weighted by Crippen LogP contribution is -2.45. The van der Waals surface area contributed by atoms with Crippen LogP contribution in [0, 0.1) is 0 Å². The molecule has 0 bridgehead atoms. The minimum Gasteiger partial charge on any atom is -0.466 e. The van der Waals surface area contributed by atoms with Gasteiger partial charge in [-0.3, -0.25) is 9.59 Å². The first-order valence-corrected chi connectivity index (χ1v) is 34.9. The van der Waals surface area contributed by atoms with E-state index in [4.69, 9.17) is 4.74 Å². The molecular weight excluding hydrogens is 959 g/mol. The number of hydrogen-bond acceptors (Lipinski definition) is 5. The highest BCUT2D eigenvalue weighted by atomic mass is 16.5. The van der Waals surface area contributed by atoms with Gasteiger partial charge in [-0.2, -0.15) is 0 Å². The van der Waals surface area contributed by atoms with Crippen LogP contribution >= 0.6 is 0 Å². The molecule has 0 aromatic carbocycles. The Morgan fingerprint density at radius 1 is 0.359 bits per heavy atom. The van der Waals surface area contributed by atoms with Crippen LogP contribution in [0.5, 0.6) is 0 Å². The summed E-state index contributed by atoms with van der Waals surface area (Å²) in [5.74, 6) is -0.0650. The largest absolute Gasteiger partial charge is 0.466 e. The molecule has 0 rings (SSSR count). The van der Waals surface area contributed by atoms with Crippen molar-refractivity contribution < 1.29 is 24.5 Å². The van der Waals surface area contributed by atoms with Crippen molar-refractivity contribution in [1.29, 1.82) is 0 Å². The van der Waals surface area contributed by atoms with Gasteiger partial charge in [0.1, 0.15) is 0 Å². The van der Waals surface area contributed by atoms with Gasteiger partial charge >= 0.3 is 5.97 Å². The number of hydrogen-bond donors (Lipinski definition) is 3. The summed E-state index contributed by atoms with van der Waals surface area (Å²) in [6.07, 6.45) is 87.6. The zero-order valence-corrected chi connectivity index (χ0v) is 52.4. The van der Waals surface area contributed by atoms with E-state index in [2.05, 4.69) is 55.6 Å². The molecular formula is C72H135NO5. The fourth-order valence-electron chi connectivity index (χ4n) is 10.7. The van der Waals surface area contributed by atoms with Crippen molar-refractivity contribution >= 4 is 11.9 Å². The summed E-state index contributed by atoms with van der Waals surface area (Å²) < 4.78 is 5.47. The Morgan fingerprint density at radius 3 is 1.04 bits per heavy atom. The van der Waals surface area contributed by atoms with Crippen LogP contribution in [0.4, 0.5) is 0 Å². The third kappa shape index (κ3) is 63.0. The molecule has 458 valence electrons. The minimum atomic E-state index is -0.846. The second-order valence-corrected chi connectivity index (χ2v) is 23.9. The number of esters is 1. The summed E-state index contributed by atoms with van der Waals surface area (Å²) in [6, 6.07) is -0.629. The monoisotopic (exact) mass is 1090 g/mol. The van der Waals surface area contributed by atoms with Gasteiger partial charge in [0, 0.05) is 12.8 Å². The number of ether oxygens (including phenoxy) is 1. The molecule has 0 saturated heterocycles. The number of rotatable bonds is 65. The first-order chi connectivity index (χ1) is 38.5. The molecule has 0 heterocycles. The second-order valence-electron chi connectivity index (χ2n) is 23.9. The van der Waals surface area contributed by atoms with E-state index < -0.39 is 12.1 Å². The number of aliphatic hydroxyl groups excluding tert-OH is 2. The summed E-state index contributed by atoms with van der Waals surface area (Å²) in [7, 11) is 0. The maximum Gasteiger partial charge on any atom is 0.305 e. The molecule has 0 fully saturated rings. The summed E-state index contributed by atoms with van der Waals surface area (Å²) in [4.78, 5) is 24.6. The van der Waals surface area contributed by atoms with Gasteiger partial charge in [0.05, 0.1) is 25.4 Å². The molecule has 6 nitrogen and oxygen atoms in total. The van der Waals surface area contributed by atoms with Crippen molar-refractivity contribution in [2.45, 2.75) is 386 Å². The molecule has 3 N–H and O–H groups in total. The molecule has 0 spiro atoms. The van der Waals surface area contributed by atoms with Gasteiger partial charge in [-0.15, -0.1) is 0 Å². The molecule has 0 aliphatic rings. The van der Waals surface area contributed by atoms with Gasteiger partial charge in [-0.05, 0) is 83.5 Å². The number of nitrogens with one attached hydrogen (secondary N) is 1. The highest BCUT2D eigenvalue weighted by Crippen LogP contribution is 2.18. The molecule has 0 aromatic heterocycles. The molecule has 0 aliphatic carbocycles. The summed E-state index contributed by atoms with van der Waals surface area (Å²) in [5, 5.41) is 23.2. The van der Waals surface area contributed by atoms with Crippen LogP contribution in [0.2, 0.25) is 0 Å². The van der Waals surface area contributed by atoms with E-state index in [-0.39, 0.29) is 18.5 Å². The smallest absolute Gasteiger partial charge is 0.305 e. The third-order valence-electron chi connectivity index (χ3n) is 16.0. The number of carbonyl (C=O) groups is 2. The van der Waals surface area contributed by atoms with E-state index in [1.165, 1.54) is 295 Å². The van der Waals surface area contributed by atoms with Gasteiger partial charge in [-0.1, -0.05) is 326 Å². The van der Waals surface area contributed by atoms with Crippen LogP contribution < -0.4 is 5.32 Å². The molecule has 0 aliphatic heterocycles. The average molecular weight is 1090 g/mol. The lowest BCUT2D eigenvalue weighted by Gasteiger charge is -2.20. The Hall–Kier alpha value is -2.18. The van der Waals surface area contributed by atoms with Crippen molar-refractivity contribution in [3.8, 4) is 0 Å².